The third-order valence-corrected chi connectivity index (χ3v) is 2.09. The fourth-order valence-electron chi connectivity index (χ4n) is 1.13. The monoisotopic (exact) mass is 253 g/mol. The molecular formula is C10H11ClF3NO. The molecule has 0 N–H and O–H groups in total. The Balaban J connectivity index is 2.57. The van der Waals surface area contributed by atoms with E-state index in [1.165, 1.54) is 6.07 Å². The molecule has 1 heterocycles. The number of hydrogen-bond donors (Lipinski definition) is 0. The van der Waals surface area contributed by atoms with Crippen LogP contribution < -0.4 is 4.74 Å². The molecule has 0 atom stereocenters. The highest BCUT2D eigenvalue weighted by Crippen LogP contribution is 2.20. The van der Waals surface area contributed by atoms with E-state index in [1.54, 1.807) is 13.0 Å². The van der Waals surface area contributed by atoms with Crippen molar-refractivity contribution in [1.82, 2.24) is 4.98 Å². The van der Waals surface area contributed by atoms with Crippen molar-refractivity contribution in [3.05, 3.63) is 23.4 Å². The Bertz CT molecular complexity index is 354. The van der Waals surface area contributed by atoms with Crippen LogP contribution in [0.25, 0.3) is 0 Å². The lowest BCUT2D eigenvalue weighted by molar-refractivity contribution is -0.139. The molecule has 0 saturated carbocycles. The maximum atomic E-state index is 11.9. The van der Waals surface area contributed by atoms with Gasteiger partial charge in [-0.15, -0.1) is 11.6 Å². The van der Waals surface area contributed by atoms with Gasteiger partial charge in [-0.25, -0.2) is 4.98 Å². The summed E-state index contributed by atoms with van der Waals surface area (Å²) in [7, 11) is 0. The average Bonchev–Trinajstić information content (AvgIpc) is 2.14. The molecule has 0 aromatic carbocycles. The van der Waals surface area contributed by atoms with E-state index in [0.717, 1.165) is 5.56 Å². The molecule has 16 heavy (non-hydrogen) atoms. The molecule has 2 nitrogen and oxygen atoms in total. The normalized spacial score (nSPS) is 11.6. The van der Waals surface area contributed by atoms with E-state index in [1.807, 2.05) is 0 Å². The second-order valence-corrected chi connectivity index (χ2v) is 3.57. The van der Waals surface area contributed by atoms with Gasteiger partial charge in [-0.2, -0.15) is 13.2 Å². The highest BCUT2D eigenvalue weighted by atomic mass is 35.5. The minimum absolute atomic E-state index is 0.180. The van der Waals surface area contributed by atoms with Gasteiger partial charge < -0.3 is 4.74 Å². The fourth-order valence-corrected chi connectivity index (χ4v) is 1.28. The molecule has 1 rings (SSSR count). The molecule has 1 aromatic heterocycles. The lowest BCUT2D eigenvalue weighted by atomic mass is 10.2. The predicted molar refractivity (Wildman–Crippen MR) is 54.7 cm³/mol. The summed E-state index contributed by atoms with van der Waals surface area (Å²) >= 11 is 5.61. The van der Waals surface area contributed by atoms with E-state index >= 15 is 0 Å². The first-order valence-electron chi connectivity index (χ1n) is 4.64. The number of rotatable bonds is 4. The first kappa shape index (κ1) is 13.1. The number of hydrogen-bond acceptors (Lipinski definition) is 2. The number of alkyl halides is 4. The van der Waals surface area contributed by atoms with Crippen LogP contribution in [-0.2, 0) is 5.88 Å². The highest BCUT2D eigenvalue weighted by molar-refractivity contribution is 6.17. The van der Waals surface area contributed by atoms with Gasteiger partial charge in [-0.1, -0.05) is 0 Å². The zero-order valence-corrected chi connectivity index (χ0v) is 9.40. The third kappa shape index (κ3) is 4.70. The van der Waals surface area contributed by atoms with Crippen LogP contribution in [0.3, 0.4) is 0 Å². The first-order chi connectivity index (χ1) is 7.40. The summed E-state index contributed by atoms with van der Waals surface area (Å²) in [5.41, 5.74) is 1.44. The molecule has 0 spiro atoms. The zero-order valence-electron chi connectivity index (χ0n) is 8.64. The number of nitrogens with zero attached hydrogens (tertiary/aromatic N) is 1. The largest absolute Gasteiger partial charge is 0.477 e. The average molecular weight is 254 g/mol. The summed E-state index contributed by atoms with van der Waals surface area (Å²) in [4.78, 5) is 3.95. The molecule has 0 amide bonds. The second-order valence-electron chi connectivity index (χ2n) is 3.30. The van der Waals surface area contributed by atoms with Crippen LogP contribution in [0.15, 0.2) is 12.1 Å². The highest BCUT2D eigenvalue weighted by Gasteiger charge is 2.26. The minimum Gasteiger partial charge on any atom is -0.477 e. The van der Waals surface area contributed by atoms with Crippen LogP contribution in [-0.4, -0.2) is 17.8 Å². The summed E-state index contributed by atoms with van der Waals surface area (Å²) in [6.07, 6.45) is -5.20. The molecular weight excluding hydrogens is 243 g/mol. The van der Waals surface area contributed by atoms with Gasteiger partial charge in [0.05, 0.1) is 13.0 Å². The van der Waals surface area contributed by atoms with E-state index in [0.29, 0.717) is 5.69 Å². The van der Waals surface area contributed by atoms with Crippen LogP contribution >= 0.6 is 11.6 Å². The maximum Gasteiger partial charge on any atom is 0.392 e. The van der Waals surface area contributed by atoms with Crippen molar-refractivity contribution in [2.24, 2.45) is 0 Å². The van der Waals surface area contributed by atoms with Crippen molar-refractivity contribution in [3.63, 3.8) is 0 Å². The van der Waals surface area contributed by atoms with Crippen molar-refractivity contribution in [2.45, 2.75) is 25.4 Å². The van der Waals surface area contributed by atoms with Gasteiger partial charge in [-0.05, 0) is 18.6 Å². The number of halogens is 4. The summed E-state index contributed by atoms with van der Waals surface area (Å²) in [5.74, 6) is 0.457. The Labute approximate surface area is 96.4 Å². The lowest BCUT2D eigenvalue weighted by Gasteiger charge is -2.09. The molecule has 1 aromatic rings. The molecule has 0 saturated heterocycles. The van der Waals surface area contributed by atoms with Crippen LogP contribution in [0, 0.1) is 6.92 Å². The Morgan fingerprint density at radius 3 is 2.62 bits per heavy atom. The minimum atomic E-state index is -4.21. The van der Waals surface area contributed by atoms with E-state index in [2.05, 4.69) is 4.98 Å². The van der Waals surface area contributed by atoms with Crippen LogP contribution in [0.4, 0.5) is 13.2 Å². The molecule has 6 heteroatoms. The number of aryl methyl sites for hydroxylation is 1. The first-order valence-corrected chi connectivity index (χ1v) is 5.17. The van der Waals surface area contributed by atoms with Crippen molar-refractivity contribution in [2.75, 3.05) is 6.61 Å². The van der Waals surface area contributed by atoms with Gasteiger partial charge in [0.25, 0.3) is 0 Å². The van der Waals surface area contributed by atoms with Crippen LogP contribution in [0.1, 0.15) is 17.7 Å². The van der Waals surface area contributed by atoms with Crippen molar-refractivity contribution in [3.8, 4) is 5.88 Å². The molecule has 0 aliphatic carbocycles. The second kappa shape index (κ2) is 5.39. The van der Waals surface area contributed by atoms with Crippen molar-refractivity contribution >= 4 is 11.6 Å². The predicted octanol–water partition coefficient (Wildman–Crippen LogP) is 3.46. The SMILES string of the molecule is Cc1cc(CCl)cc(OCCC(F)(F)F)n1. The molecule has 0 fully saturated rings. The maximum absolute atomic E-state index is 11.9. The Morgan fingerprint density at radius 1 is 1.38 bits per heavy atom. The van der Waals surface area contributed by atoms with Gasteiger partial charge >= 0.3 is 6.18 Å². The lowest BCUT2D eigenvalue weighted by Crippen LogP contribution is -2.13. The number of aromatic nitrogens is 1. The topological polar surface area (TPSA) is 22.1 Å². The van der Waals surface area contributed by atoms with Crippen LogP contribution in [0.5, 0.6) is 5.88 Å². The Hall–Kier alpha value is -0.970. The zero-order chi connectivity index (χ0) is 12.2. The summed E-state index contributed by atoms with van der Waals surface area (Å²) in [6.45, 7) is 1.30. The van der Waals surface area contributed by atoms with E-state index in [4.69, 9.17) is 16.3 Å². The molecule has 0 bridgehead atoms. The van der Waals surface area contributed by atoms with Crippen LogP contribution in [0.2, 0.25) is 0 Å². The quantitative estimate of drug-likeness (QED) is 0.767. The molecule has 0 radical (unpaired) electrons. The molecule has 90 valence electrons. The van der Waals surface area contributed by atoms with Gasteiger partial charge in [-0.3, -0.25) is 0 Å². The van der Waals surface area contributed by atoms with E-state index in [9.17, 15) is 13.2 Å². The number of ether oxygens (including phenoxy) is 1. The standard InChI is InChI=1S/C10H11ClF3NO/c1-7-4-8(6-11)5-9(15-7)16-3-2-10(12,13)14/h4-5H,2-3,6H2,1H3. The van der Waals surface area contributed by atoms with Crippen molar-refractivity contribution in [1.29, 1.82) is 0 Å². The molecule has 0 aliphatic rings. The van der Waals surface area contributed by atoms with Gasteiger partial charge in [0.1, 0.15) is 0 Å². The van der Waals surface area contributed by atoms with Gasteiger partial charge in [0.2, 0.25) is 5.88 Å². The number of pyridine rings is 1. The van der Waals surface area contributed by atoms with Gasteiger partial charge in [0.15, 0.2) is 0 Å². The Kier molecular flexibility index (Phi) is 4.41. The molecule has 0 aliphatic heterocycles. The summed E-state index contributed by atoms with van der Waals surface area (Å²) < 4.78 is 40.5. The smallest absolute Gasteiger partial charge is 0.392 e. The molecule has 0 unspecified atom stereocenters. The summed E-state index contributed by atoms with van der Waals surface area (Å²) in [5, 5.41) is 0. The fraction of sp³-hybridized carbons (Fsp3) is 0.500. The van der Waals surface area contributed by atoms with Crippen molar-refractivity contribution < 1.29 is 17.9 Å². The third-order valence-electron chi connectivity index (χ3n) is 1.78. The Morgan fingerprint density at radius 2 is 2.06 bits per heavy atom. The van der Waals surface area contributed by atoms with E-state index in [-0.39, 0.29) is 11.8 Å². The van der Waals surface area contributed by atoms with E-state index < -0.39 is 19.2 Å². The summed E-state index contributed by atoms with van der Waals surface area (Å²) in [6, 6.07) is 3.29. The van der Waals surface area contributed by atoms with Gasteiger partial charge in [0, 0.05) is 17.6 Å².